The molecule has 2 N–H and O–H groups in total. The van der Waals surface area contributed by atoms with Crippen molar-refractivity contribution in [1.29, 1.82) is 0 Å². The Labute approximate surface area is 183 Å². The Morgan fingerprint density at radius 2 is 1.71 bits per heavy atom. The van der Waals surface area contributed by atoms with Gasteiger partial charge in [-0.3, -0.25) is 4.79 Å². The number of piperazine rings is 1. The Kier molecular flexibility index (Phi) is 8.12. The van der Waals surface area contributed by atoms with Crippen LogP contribution in [0.1, 0.15) is 12.0 Å². The second-order valence-electron chi connectivity index (χ2n) is 7.32. The summed E-state index contributed by atoms with van der Waals surface area (Å²) in [5, 5.41) is 4.07. The van der Waals surface area contributed by atoms with Crippen LogP contribution in [0.2, 0.25) is 0 Å². The Bertz CT molecular complexity index is 855. The Balaban J connectivity index is 1.44. The summed E-state index contributed by atoms with van der Waals surface area (Å²) in [7, 11) is 4.67. The molecule has 1 saturated heterocycles. The predicted octanol–water partition coefficient (Wildman–Crippen LogP) is 0.958. The Hall–Kier alpha value is -3.26. The molecule has 0 aliphatic carbocycles. The first-order valence-corrected chi connectivity index (χ1v) is 10.4. The van der Waals surface area contributed by atoms with E-state index in [1.807, 2.05) is 6.07 Å². The summed E-state index contributed by atoms with van der Waals surface area (Å²) in [6, 6.07) is 14.0. The number of nitrogens with zero attached hydrogens (tertiary/aromatic N) is 2. The minimum Gasteiger partial charge on any atom is -0.493 e. The molecule has 0 radical (unpaired) electrons. The van der Waals surface area contributed by atoms with E-state index < -0.39 is 0 Å². The van der Waals surface area contributed by atoms with Crippen molar-refractivity contribution in [3.63, 3.8) is 0 Å². The molecule has 1 heterocycles. The van der Waals surface area contributed by atoms with Crippen LogP contribution in [0.25, 0.3) is 0 Å². The van der Waals surface area contributed by atoms with Gasteiger partial charge in [0.1, 0.15) is 0 Å². The predicted molar refractivity (Wildman–Crippen MR) is 121 cm³/mol. The van der Waals surface area contributed by atoms with Gasteiger partial charge in [-0.1, -0.05) is 18.2 Å². The number of amides is 1. The summed E-state index contributed by atoms with van der Waals surface area (Å²) >= 11 is 0. The van der Waals surface area contributed by atoms with Gasteiger partial charge in [0.25, 0.3) is 0 Å². The minimum atomic E-state index is -0.0957. The van der Waals surface area contributed by atoms with Crippen molar-refractivity contribution < 1.29 is 23.9 Å². The largest absolute Gasteiger partial charge is 0.493 e. The standard InChI is InChI=1S/C23H30N4O4/c1-29-20-15-18(16-21(30-2)23(20)31-3)17-24-25-22(28)9-10-26-11-13-27(14-12-26)19-7-5-4-6-8-19/h4-8,15-17H,9-14H2,1-3H3,(H,25,28)/p+1. The van der Waals surface area contributed by atoms with Crippen molar-refractivity contribution in [3.8, 4) is 17.2 Å². The molecular weight excluding hydrogens is 396 g/mol. The molecule has 0 unspecified atom stereocenters. The van der Waals surface area contributed by atoms with E-state index in [4.69, 9.17) is 14.2 Å². The molecule has 1 aliphatic rings. The number of methoxy groups -OCH3 is 3. The third-order valence-electron chi connectivity index (χ3n) is 5.39. The molecule has 1 fully saturated rings. The molecule has 3 rings (SSSR count). The lowest BCUT2D eigenvalue weighted by Crippen LogP contribution is -3.15. The molecule has 31 heavy (non-hydrogen) atoms. The molecule has 2 aromatic carbocycles. The van der Waals surface area contributed by atoms with Crippen molar-refractivity contribution in [3.05, 3.63) is 48.0 Å². The zero-order chi connectivity index (χ0) is 22.1. The Morgan fingerprint density at radius 1 is 1.06 bits per heavy atom. The third kappa shape index (κ3) is 6.11. The molecule has 166 valence electrons. The minimum absolute atomic E-state index is 0.0957. The van der Waals surface area contributed by atoms with Crippen molar-refractivity contribution in [1.82, 2.24) is 5.43 Å². The molecule has 1 aliphatic heterocycles. The molecule has 0 aromatic heterocycles. The van der Waals surface area contributed by atoms with E-state index in [0.717, 1.165) is 38.3 Å². The molecule has 8 nitrogen and oxygen atoms in total. The highest BCUT2D eigenvalue weighted by Crippen LogP contribution is 2.37. The van der Waals surface area contributed by atoms with Gasteiger partial charge in [-0.05, 0) is 24.3 Å². The maximum atomic E-state index is 12.2. The molecule has 2 aromatic rings. The molecule has 0 spiro atoms. The highest BCUT2D eigenvalue weighted by atomic mass is 16.5. The normalized spacial score (nSPS) is 14.5. The summed E-state index contributed by atoms with van der Waals surface area (Å²) in [5.74, 6) is 1.49. The lowest BCUT2D eigenvalue weighted by atomic mass is 10.2. The van der Waals surface area contributed by atoms with Gasteiger partial charge in [-0.15, -0.1) is 0 Å². The fraction of sp³-hybridized carbons (Fsp3) is 0.391. The second-order valence-corrected chi connectivity index (χ2v) is 7.32. The van der Waals surface area contributed by atoms with Gasteiger partial charge in [0, 0.05) is 11.3 Å². The summed E-state index contributed by atoms with van der Waals surface area (Å²) in [6.45, 7) is 4.85. The van der Waals surface area contributed by atoms with E-state index in [1.165, 1.54) is 10.6 Å². The van der Waals surface area contributed by atoms with Gasteiger partial charge in [-0.25, -0.2) is 5.43 Å². The highest BCUT2D eigenvalue weighted by molar-refractivity contribution is 5.84. The number of carbonyl (C=O) groups excluding carboxylic acids is 1. The Morgan fingerprint density at radius 3 is 2.29 bits per heavy atom. The number of para-hydroxylation sites is 1. The van der Waals surface area contributed by atoms with Crippen molar-refractivity contribution >= 4 is 17.8 Å². The van der Waals surface area contributed by atoms with Crippen LogP contribution in [-0.2, 0) is 4.79 Å². The number of carbonyl (C=O) groups is 1. The zero-order valence-electron chi connectivity index (χ0n) is 18.4. The molecule has 8 heteroatoms. The number of hydrazone groups is 1. The number of rotatable bonds is 9. The second kappa shape index (κ2) is 11.2. The van der Waals surface area contributed by atoms with Gasteiger partial charge in [0.15, 0.2) is 11.5 Å². The van der Waals surface area contributed by atoms with Crippen molar-refractivity contribution in [2.45, 2.75) is 6.42 Å². The average Bonchev–Trinajstić information content (AvgIpc) is 2.83. The number of ether oxygens (including phenoxy) is 3. The zero-order valence-corrected chi connectivity index (χ0v) is 18.4. The number of anilines is 1. The number of nitrogens with one attached hydrogen (secondary N) is 2. The van der Waals surface area contributed by atoms with Crippen LogP contribution in [-0.4, -0.2) is 66.2 Å². The van der Waals surface area contributed by atoms with E-state index in [9.17, 15) is 4.79 Å². The van der Waals surface area contributed by atoms with Gasteiger partial charge in [0.05, 0.1) is 66.7 Å². The lowest BCUT2D eigenvalue weighted by molar-refractivity contribution is -0.900. The van der Waals surface area contributed by atoms with Crippen LogP contribution in [0.3, 0.4) is 0 Å². The van der Waals surface area contributed by atoms with Gasteiger partial charge in [0.2, 0.25) is 11.7 Å². The number of hydrogen-bond acceptors (Lipinski definition) is 6. The summed E-state index contributed by atoms with van der Waals surface area (Å²) < 4.78 is 16.0. The smallest absolute Gasteiger partial charge is 0.245 e. The monoisotopic (exact) mass is 427 g/mol. The van der Waals surface area contributed by atoms with Crippen LogP contribution in [0.5, 0.6) is 17.2 Å². The van der Waals surface area contributed by atoms with Crippen LogP contribution >= 0.6 is 0 Å². The van der Waals surface area contributed by atoms with Crippen LogP contribution in [0.4, 0.5) is 5.69 Å². The number of quaternary nitrogens is 1. The molecule has 0 saturated carbocycles. The first-order valence-electron chi connectivity index (χ1n) is 10.4. The first-order chi connectivity index (χ1) is 15.1. The number of hydrogen-bond donors (Lipinski definition) is 2. The summed E-state index contributed by atoms with van der Waals surface area (Å²) in [4.78, 5) is 16.0. The average molecular weight is 428 g/mol. The fourth-order valence-corrected chi connectivity index (χ4v) is 3.67. The van der Waals surface area contributed by atoms with Crippen molar-refractivity contribution in [2.24, 2.45) is 5.10 Å². The summed E-state index contributed by atoms with van der Waals surface area (Å²) in [6.07, 6.45) is 2.00. The maximum absolute atomic E-state index is 12.2. The summed E-state index contributed by atoms with van der Waals surface area (Å²) in [5.41, 5.74) is 4.60. The molecular formula is C23H31N4O4+. The maximum Gasteiger partial charge on any atom is 0.245 e. The SMILES string of the molecule is COc1cc(C=NNC(=O)CC[NH+]2CCN(c3ccccc3)CC2)cc(OC)c1OC. The van der Waals surface area contributed by atoms with Crippen molar-refractivity contribution in [2.75, 3.05) is 59.0 Å². The van der Waals surface area contributed by atoms with E-state index in [-0.39, 0.29) is 5.91 Å². The van der Waals surface area contributed by atoms with Gasteiger partial charge < -0.3 is 24.0 Å². The van der Waals surface area contributed by atoms with Crippen LogP contribution in [0, 0.1) is 0 Å². The fourth-order valence-electron chi connectivity index (χ4n) is 3.67. The van der Waals surface area contributed by atoms with Crippen LogP contribution < -0.4 is 29.4 Å². The van der Waals surface area contributed by atoms with E-state index >= 15 is 0 Å². The van der Waals surface area contributed by atoms with E-state index in [1.54, 1.807) is 39.7 Å². The van der Waals surface area contributed by atoms with Crippen LogP contribution in [0.15, 0.2) is 47.6 Å². The molecule has 0 bridgehead atoms. The number of benzene rings is 2. The topological polar surface area (TPSA) is 76.8 Å². The molecule has 0 atom stereocenters. The van der Waals surface area contributed by atoms with Gasteiger partial charge in [-0.2, -0.15) is 5.10 Å². The third-order valence-corrected chi connectivity index (χ3v) is 5.39. The lowest BCUT2D eigenvalue weighted by Gasteiger charge is -2.33. The molecule has 1 amide bonds. The van der Waals surface area contributed by atoms with E-state index in [2.05, 4.69) is 39.7 Å². The highest BCUT2D eigenvalue weighted by Gasteiger charge is 2.20. The first kappa shape index (κ1) is 22.4. The quantitative estimate of drug-likeness (QED) is 0.461. The van der Waals surface area contributed by atoms with Gasteiger partial charge >= 0.3 is 0 Å². The van der Waals surface area contributed by atoms with E-state index in [0.29, 0.717) is 23.7 Å².